The van der Waals surface area contributed by atoms with Crippen molar-refractivity contribution in [3.05, 3.63) is 12.7 Å². The van der Waals surface area contributed by atoms with E-state index in [1.807, 2.05) is 18.0 Å². The van der Waals surface area contributed by atoms with E-state index in [4.69, 9.17) is 5.73 Å². The maximum absolute atomic E-state index is 11.9. The van der Waals surface area contributed by atoms with Crippen LogP contribution in [0.25, 0.3) is 0 Å². The van der Waals surface area contributed by atoms with Crippen molar-refractivity contribution in [3.63, 3.8) is 0 Å². The van der Waals surface area contributed by atoms with E-state index in [2.05, 4.69) is 13.5 Å². The third kappa shape index (κ3) is 8.29. The first kappa shape index (κ1) is 17.2. The number of allylic oxidation sites excluding steroid dienone is 1. The molecule has 3 nitrogen and oxygen atoms in total. The second kappa shape index (κ2) is 11.3. The lowest BCUT2D eigenvalue weighted by atomic mass is 9.94. The smallest absolute Gasteiger partial charge is 0.222 e. The SMILES string of the molecule is C=CCCCN(C)C(=O)CCC(CCC)CCN. The molecule has 106 valence electrons. The molecule has 18 heavy (non-hydrogen) atoms. The fourth-order valence-electron chi connectivity index (χ4n) is 2.19. The molecule has 0 bridgehead atoms. The predicted octanol–water partition coefficient (Wildman–Crippen LogP) is 2.96. The van der Waals surface area contributed by atoms with Gasteiger partial charge in [-0.1, -0.05) is 25.8 Å². The molecule has 0 aromatic heterocycles. The number of amides is 1. The molecule has 0 rings (SSSR count). The van der Waals surface area contributed by atoms with Crippen molar-refractivity contribution in [2.45, 2.75) is 51.9 Å². The van der Waals surface area contributed by atoms with E-state index >= 15 is 0 Å². The highest BCUT2D eigenvalue weighted by molar-refractivity contribution is 5.75. The summed E-state index contributed by atoms with van der Waals surface area (Å²) in [4.78, 5) is 13.8. The number of rotatable bonds is 11. The lowest BCUT2D eigenvalue weighted by Gasteiger charge is -2.19. The molecule has 0 aliphatic heterocycles. The average molecular weight is 254 g/mol. The highest BCUT2D eigenvalue weighted by Crippen LogP contribution is 2.17. The Balaban J connectivity index is 3.86. The molecule has 0 fully saturated rings. The van der Waals surface area contributed by atoms with Crippen LogP contribution in [-0.2, 0) is 4.79 Å². The lowest BCUT2D eigenvalue weighted by molar-refractivity contribution is -0.130. The zero-order valence-electron chi connectivity index (χ0n) is 12.2. The first-order valence-corrected chi connectivity index (χ1v) is 7.20. The largest absolute Gasteiger partial charge is 0.346 e. The van der Waals surface area contributed by atoms with Gasteiger partial charge in [0, 0.05) is 20.0 Å². The van der Waals surface area contributed by atoms with Crippen molar-refractivity contribution in [3.8, 4) is 0 Å². The van der Waals surface area contributed by atoms with Gasteiger partial charge in [0.2, 0.25) is 5.91 Å². The van der Waals surface area contributed by atoms with Crippen molar-refractivity contribution in [2.75, 3.05) is 20.1 Å². The molecule has 2 N–H and O–H groups in total. The third-order valence-electron chi connectivity index (χ3n) is 3.37. The van der Waals surface area contributed by atoms with Crippen LogP contribution in [0.1, 0.15) is 51.9 Å². The summed E-state index contributed by atoms with van der Waals surface area (Å²) in [5.74, 6) is 0.878. The second-order valence-corrected chi connectivity index (χ2v) is 5.02. The molecule has 0 aromatic carbocycles. The molecule has 3 heteroatoms. The lowest BCUT2D eigenvalue weighted by Crippen LogP contribution is -2.28. The van der Waals surface area contributed by atoms with Gasteiger partial charge < -0.3 is 10.6 Å². The summed E-state index contributed by atoms with van der Waals surface area (Å²) in [5, 5.41) is 0. The van der Waals surface area contributed by atoms with Crippen LogP contribution in [0.15, 0.2) is 12.7 Å². The molecule has 1 amide bonds. The highest BCUT2D eigenvalue weighted by atomic mass is 16.2. The Morgan fingerprint density at radius 2 is 2.11 bits per heavy atom. The summed E-state index contributed by atoms with van der Waals surface area (Å²) in [6.45, 7) is 7.44. The Hall–Kier alpha value is -0.830. The van der Waals surface area contributed by atoms with Crippen LogP contribution in [0.5, 0.6) is 0 Å². The minimum absolute atomic E-state index is 0.261. The van der Waals surface area contributed by atoms with E-state index in [1.165, 1.54) is 12.8 Å². The van der Waals surface area contributed by atoms with Gasteiger partial charge in [-0.25, -0.2) is 0 Å². The molecule has 0 saturated heterocycles. The molecule has 0 saturated carbocycles. The van der Waals surface area contributed by atoms with Gasteiger partial charge in [0.15, 0.2) is 0 Å². The van der Waals surface area contributed by atoms with Crippen molar-refractivity contribution in [1.82, 2.24) is 4.90 Å². The fraction of sp³-hybridized carbons (Fsp3) is 0.800. The van der Waals surface area contributed by atoms with E-state index in [0.29, 0.717) is 12.3 Å². The van der Waals surface area contributed by atoms with Gasteiger partial charge in [0.1, 0.15) is 0 Å². The fourth-order valence-corrected chi connectivity index (χ4v) is 2.19. The van der Waals surface area contributed by atoms with Crippen LogP contribution in [0.4, 0.5) is 0 Å². The molecular weight excluding hydrogens is 224 g/mol. The van der Waals surface area contributed by atoms with Crippen LogP contribution in [0, 0.1) is 5.92 Å². The Morgan fingerprint density at radius 1 is 1.39 bits per heavy atom. The number of carbonyl (C=O) groups excluding carboxylic acids is 1. The molecule has 0 radical (unpaired) electrons. The monoisotopic (exact) mass is 254 g/mol. The summed E-state index contributed by atoms with van der Waals surface area (Å²) < 4.78 is 0. The Bertz CT molecular complexity index is 223. The topological polar surface area (TPSA) is 46.3 Å². The highest BCUT2D eigenvalue weighted by Gasteiger charge is 2.12. The molecule has 1 unspecified atom stereocenters. The number of nitrogens with two attached hydrogens (primary N) is 1. The third-order valence-corrected chi connectivity index (χ3v) is 3.37. The van der Waals surface area contributed by atoms with Crippen molar-refractivity contribution >= 4 is 5.91 Å². The number of hydrogen-bond acceptors (Lipinski definition) is 2. The number of nitrogens with zero attached hydrogens (tertiary/aromatic N) is 1. The average Bonchev–Trinajstić information content (AvgIpc) is 2.36. The number of unbranched alkanes of at least 4 members (excludes halogenated alkanes) is 1. The summed E-state index contributed by atoms with van der Waals surface area (Å²) in [5.41, 5.74) is 5.60. The summed E-state index contributed by atoms with van der Waals surface area (Å²) in [7, 11) is 1.89. The van der Waals surface area contributed by atoms with Crippen molar-refractivity contribution in [2.24, 2.45) is 11.7 Å². The normalized spacial score (nSPS) is 12.2. The second-order valence-electron chi connectivity index (χ2n) is 5.02. The summed E-state index contributed by atoms with van der Waals surface area (Å²) in [6.07, 6.45) is 8.93. The minimum Gasteiger partial charge on any atom is -0.346 e. The zero-order valence-corrected chi connectivity index (χ0v) is 12.2. The molecule has 0 spiro atoms. The van der Waals surface area contributed by atoms with E-state index in [-0.39, 0.29) is 5.91 Å². The van der Waals surface area contributed by atoms with Crippen LogP contribution >= 0.6 is 0 Å². The molecule has 0 aliphatic carbocycles. The van der Waals surface area contributed by atoms with E-state index < -0.39 is 0 Å². The van der Waals surface area contributed by atoms with Crippen LogP contribution in [-0.4, -0.2) is 30.9 Å². The molecular formula is C15H30N2O. The van der Waals surface area contributed by atoms with E-state index in [1.54, 1.807) is 0 Å². The summed E-state index contributed by atoms with van der Waals surface area (Å²) >= 11 is 0. The maximum atomic E-state index is 11.9. The van der Waals surface area contributed by atoms with Crippen molar-refractivity contribution in [1.29, 1.82) is 0 Å². The molecule has 0 aliphatic rings. The van der Waals surface area contributed by atoms with Crippen LogP contribution < -0.4 is 5.73 Å². The summed E-state index contributed by atoms with van der Waals surface area (Å²) in [6, 6.07) is 0. The Kier molecular flexibility index (Phi) is 10.8. The Morgan fingerprint density at radius 3 is 2.67 bits per heavy atom. The van der Waals surface area contributed by atoms with E-state index in [9.17, 15) is 4.79 Å². The Labute approximate surface area is 112 Å². The van der Waals surface area contributed by atoms with Crippen molar-refractivity contribution < 1.29 is 4.79 Å². The van der Waals surface area contributed by atoms with Gasteiger partial charge in [0.05, 0.1) is 0 Å². The maximum Gasteiger partial charge on any atom is 0.222 e. The number of hydrogen-bond donors (Lipinski definition) is 1. The first-order valence-electron chi connectivity index (χ1n) is 7.20. The molecule has 0 heterocycles. The quantitative estimate of drug-likeness (QED) is 0.455. The minimum atomic E-state index is 0.261. The van der Waals surface area contributed by atoms with Crippen LogP contribution in [0.2, 0.25) is 0 Å². The molecule has 0 aromatic rings. The first-order chi connectivity index (χ1) is 8.65. The standard InChI is InChI=1S/C15H30N2O/c1-4-6-7-13-17(3)15(18)10-9-14(8-5-2)11-12-16/h4,14H,1,5-13,16H2,2-3H3. The van der Waals surface area contributed by atoms with Gasteiger partial charge in [-0.05, 0) is 38.1 Å². The van der Waals surface area contributed by atoms with Crippen LogP contribution in [0.3, 0.4) is 0 Å². The van der Waals surface area contributed by atoms with Gasteiger partial charge in [0.25, 0.3) is 0 Å². The van der Waals surface area contributed by atoms with Gasteiger partial charge in [-0.2, -0.15) is 0 Å². The van der Waals surface area contributed by atoms with Gasteiger partial charge in [-0.15, -0.1) is 6.58 Å². The van der Waals surface area contributed by atoms with E-state index in [0.717, 1.165) is 38.8 Å². The molecule has 1 atom stereocenters. The van der Waals surface area contributed by atoms with Gasteiger partial charge in [-0.3, -0.25) is 4.79 Å². The van der Waals surface area contributed by atoms with Gasteiger partial charge >= 0.3 is 0 Å². The predicted molar refractivity (Wildman–Crippen MR) is 78.4 cm³/mol. The zero-order chi connectivity index (χ0) is 13.8. The number of carbonyl (C=O) groups is 1.